The van der Waals surface area contributed by atoms with Crippen molar-refractivity contribution in [3.05, 3.63) is 78.9 Å². The molecular formula is C38H49F3N8O3Si. The Labute approximate surface area is 309 Å². The van der Waals surface area contributed by atoms with E-state index >= 15 is 0 Å². The number of alkyl halides is 3. The van der Waals surface area contributed by atoms with Crippen LogP contribution in [0.15, 0.2) is 67.6 Å². The third-order valence-electron chi connectivity index (χ3n) is 9.73. The van der Waals surface area contributed by atoms with Crippen LogP contribution in [0.25, 0.3) is 22.3 Å². The summed E-state index contributed by atoms with van der Waals surface area (Å²) >= 11 is 0. The molecule has 15 heteroatoms. The van der Waals surface area contributed by atoms with Gasteiger partial charge in [-0.2, -0.15) is 13.2 Å². The monoisotopic (exact) mass is 750 g/mol. The minimum Gasteiger partial charge on any atom is -0.378 e. The molecule has 0 saturated carbocycles. The summed E-state index contributed by atoms with van der Waals surface area (Å²) in [5, 5.41) is 3.59. The highest BCUT2D eigenvalue weighted by molar-refractivity contribution is 6.76. The first-order valence-electron chi connectivity index (χ1n) is 18.2. The van der Waals surface area contributed by atoms with Gasteiger partial charge in [0.1, 0.15) is 24.5 Å². The Hall–Kier alpha value is -4.31. The van der Waals surface area contributed by atoms with Crippen molar-refractivity contribution in [2.75, 3.05) is 75.9 Å². The number of pyridine rings is 1. The van der Waals surface area contributed by atoms with E-state index in [0.717, 1.165) is 52.8 Å². The molecule has 6 rings (SSSR count). The molecule has 0 aliphatic carbocycles. The molecule has 1 aromatic carbocycles. The lowest BCUT2D eigenvalue weighted by Gasteiger charge is -2.34. The second kappa shape index (κ2) is 16.8. The molecule has 0 spiro atoms. The van der Waals surface area contributed by atoms with Crippen molar-refractivity contribution in [1.29, 1.82) is 0 Å². The normalized spacial score (nSPS) is 16.6. The van der Waals surface area contributed by atoms with Gasteiger partial charge in [-0.3, -0.25) is 14.7 Å². The van der Waals surface area contributed by atoms with Gasteiger partial charge in [0.25, 0.3) is 0 Å². The Kier molecular flexibility index (Phi) is 12.2. The fourth-order valence-electron chi connectivity index (χ4n) is 6.62. The molecule has 2 aliphatic rings. The summed E-state index contributed by atoms with van der Waals surface area (Å²) < 4.78 is 57.5. The highest BCUT2D eigenvalue weighted by atomic mass is 28.3. The zero-order chi connectivity index (χ0) is 37.6. The zero-order valence-corrected chi connectivity index (χ0v) is 31.7. The van der Waals surface area contributed by atoms with E-state index < -0.39 is 20.3 Å². The van der Waals surface area contributed by atoms with Crippen molar-refractivity contribution < 1.29 is 27.4 Å². The SMILES string of the molecule is C=CC(=O)N1CCN(CCc2ccnc(C(Nc3ccc(-c4cc5c(N6CCOCC6)ncnc5n4COCC[Si](C)(C)C)cc3)C(F)(F)F)c2)CC1. The number of carbonyl (C=O) groups excluding carboxylic acids is 1. The first-order valence-corrected chi connectivity index (χ1v) is 21.9. The highest BCUT2D eigenvalue weighted by Crippen LogP contribution is 2.37. The first-order chi connectivity index (χ1) is 25.4. The number of halogens is 3. The highest BCUT2D eigenvalue weighted by Gasteiger charge is 2.42. The quantitative estimate of drug-likeness (QED) is 0.0914. The molecule has 1 unspecified atom stereocenters. The number of fused-ring (bicyclic) bond motifs is 1. The molecule has 11 nitrogen and oxygen atoms in total. The van der Waals surface area contributed by atoms with Crippen molar-refractivity contribution in [3.63, 3.8) is 0 Å². The fourth-order valence-corrected chi connectivity index (χ4v) is 7.38. The first kappa shape index (κ1) is 38.4. The molecule has 53 heavy (non-hydrogen) atoms. The molecule has 3 aromatic heterocycles. The number of carbonyl (C=O) groups is 1. The van der Waals surface area contributed by atoms with Crippen LogP contribution in [0.5, 0.6) is 0 Å². The lowest BCUT2D eigenvalue weighted by Crippen LogP contribution is -2.48. The Morgan fingerprint density at radius 3 is 2.43 bits per heavy atom. The van der Waals surface area contributed by atoms with Crippen molar-refractivity contribution in [2.45, 2.75) is 51.1 Å². The lowest BCUT2D eigenvalue weighted by atomic mass is 10.1. The molecule has 2 aliphatic heterocycles. The molecule has 1 amide bonds. The van der Waals surface area contributed by atoms with Crippen molar-refractivity contribution in [2.24, 2.45) is 0 Å². The van der Waals surface area contributed by atoms with Crippen LogP contribution in [0.4, 0.5) is 24.7 Å². The van der Waals surface area contributed by atoms with Crippen LogP contribution >= 0.6 is 0 Å². The Morgan fingerprint density at radius 2 is 1.75 bits per heavy atom. The topological polar surface area (TPSA) is 101 Å². The number of nitrogens with zero attached hydrogens (tertiary/aromatic N) is 7. The molecule has 2 fully saturated rings. The Morgan fingerprint density at radius 1 is 1.02 bits per heavy atom. The summed E-state index contributed by atoms with van der Waals surface area (Å²) in [5.74, 6) is 0.738. The Balaban J connectivity index is 1.19. The van der Waals surface area contributed by atoms with Crippen LogP contribution in [0.3, 0.4) is 0 Å². The second-order valence-electron chi connectivity index (χ2n) is 14.7. The fraction of sp³-hybridized carbons (Fsp3) is 0.474. The second-order valence-corrected chi connectivity index (χ2v) is 20.4. The third-order valence-corrected chi connectivity index (χ3v) is 11.4. The van der Waals surface area contributed by atoms with Gasteiger partial charge in [-0.15, -0.1) is 0 Å². The van der Waals surface area contributed by atoms with Crippen molar-refractivity contribution in [1.82, 2.24) is 29.3 Å². The number of morpholine rings is 1. The van der Waals surface area contributed by atoms with Gasteiger partial charge in [0.05, 0.1) is 30.0 Å². The van der Waals surface area contributed by atoms with Crippen LogP contribution in [-0.4, -0.2) is 115 Å². The summed E-state index contributed by atoms with van der Waals surface area (Å²) in [7, 11) is -1.31. The van der Waals surface area contributed by atoms with E-state index in [1.165, 1.54) is 18.3 Å². The minimum atomic E-state index is -4.59. The van der Waals surface area contributed by atoms with E-state index in [4.69, 9.17) is 9.47 Å². The van der Waals surface area contributed by atoms with Crippen molar-refractivity contribution >= 4 is 36.5 Å². The van der Waals surface area contributed by atoms with Crippen molar-refractivity contribution in [3.8, 4) is 11.3 Å². The number of hydrogen-bond acceptors (Lipinski definition) is 9. The standard InChI is InChI=1S/C38H49F3N8O3Si/c1-5-34(50)47-16-14-46(15-17-47)13-11-28-10-12-42-32(24-28)35(38(39,40)41)45-30-8-6-29(7-9-30)33-25-31-36(48-18-20-51-21-19-48)43-26-44-37(31)49(33)27-52-22-23-53(2,3)4/h5-10,12,24-26,35,45H,1,11,13-23,27H2,2-4H3. The maximum Gasteiger partial charge on any atom is 0.414 e. The molecular weight excluding hydrogens is 702 g/mol. The van der Waals surface area contributed by atoms with Gasteiger partial charge < -0.3 is 29.2 Å². The summed E-state index contributed by atoms with van der Waals surface area (Å²) in [6.07, 6.45) is 0.299. The zero-order valence-electron chi connectivity index (χ0n) is 30.7. The largest absolute Gasteiger partial charge is 0.414 e. The maximum atomic E-state index is 14.6. The van der Waals surface area contributed by atoms with Crippen LogP contribution in [0.1, 0.15) is 17.3 Å². The number of rotatable bonds is 14. The van der Waals surface area contributed by atoms with Crippen LogP contribution in [0, 0.1) is 0 Å². The maximum absolute atomic E-state index is 14.6. The molecule has 0 bridgehead atoms. The van der Waals surface area contributed by atoms with Gasteiger partial charge >= 0.3 is 6.18 Å². The van der Waals surface area contributed by atoms with E-state index in [9.17, 15) is 18.0 Å². The number of anilines is 2. The number of nitrogens with one attached hydrogen (secondary N) is 1. The molecule has 0 radical (unpaired) electrons. The molecule has 5 heterocycles. The van der Waals surface area contributed by atoms with Gasteiger partial charge in [0.2, 0.25) is 5.91 Å². The van der Waals surface area contributed by atoms with E-state index in [1.807, 2.05) is 22.8 Å². The van der Waals surface area contributed by atoms with Gasteiger partial charge in [0.15, 0.2) is 6.04 Å². The number of aromatic nitrogens is 4. The minimum absolute atomic E-state index is 0.0855. The van der Waals surface area contributed by atoms with E-state index in [2.05, 4.69) is 56.3 Å². The summed E-state index contributed by atoms with van der Waals surface area (Å²) in [6.45, 7) is 17.3. The van der Waals surface area contributed by atoms with Gasteiger partial charge in [-0.05, 0) is 60.0 Å². The van der Waals surface area contributed by atoms with Gasteiger partial charge in [0, 0.05) is 72.4 Å². The Bertz CT molecular complexity index is 1850. The number of ether oxygens (including phenoxy) is 2. The summed E-state index contributed by atoms with van der Waals surface area (Å²) in [5.41, 5.74) is 3.38. The number of hydrogen-bond donors (Lipinski definition) is 1. The van der Waals surface area contributed by atoms with Gasteiger partial charge in [-0.1, -0.05) is 38.4 Å². The number of piperazine rings is 1. The number of benzene rings is 1. The molecule has 2 saturated heterocycles. The van der Waals surface area contributed by atoms with Crippen LogP contribution in [0.2, 0.25) is 25.7 Å². The lowest BCUT2D eigenvalue weighted by molar-refractivity contribution is -0.144. The van der Waals surface area contributed by atoms with Crippen LogP contribution in [-0.2, 0) is 27.4 Å². The summed E-state index contributed by atoms with van der Waals surface area (Å²) in [4.78, 5) is 31.5. The predicted molar refractivity (Wildman–Crippen MR) is 204 cm³/mol. The average molecular weight is 751 g/mol. The van der Waals surface area contributed by atoms with E-state index in [1.54, 1.807) is 29.4 Å². The van der Waals surface area contributed by atoms with Gasteiger partial charge in [-0.25, -0.2) is 9.97 Å². The molecule has 1 atom stereocenters. The molecule has 284 valence electrons. The van der Waals surface area contributed by atoms with Crippen LogP contribution < -0.4 is 10.2 Å². The smallest absolute Gasteiger partial charge is 0.378 e. The molecule has 1 N–H and O–H groups in total. The molecule has 4 aromatic rings. The third kappa shape index (κ3) is 9.82. The van der Waals surface area contributed by atoms with E-state index in [-0.39, 0.29) is 18.3 Å². The summed E-state index contributed by atoms with van der Waals surface area (Å²) in [6, 6.07) is 11.3. The van der Waals surface area contributed by atoms with E-state index in [0.29, 0.717) is 64.7 Å². The number of amides is 1. The predicted octanol–water partition coefficient (Wildman–Crippen LogP) is 6.23. The average Bonchev–Trinajstić information content (AvgIpc) is 3.53.